The number of hydrogen-bond acceptors (Lipinski definition) is 2. The van der Waals surface area contributed by atoms with Gasteiger partial charge in [0, 0.05) is 0 Å². The number of nitrogens with one attached hydrogen (secondary N) is 1. The van der Waals surface area contributed by atoms with Gasteiger partial charge in [-0.05, 0) is 24.4 Å². The summed E-state index contributed by atoms with van der Waals surface area (Å²) in [6.45, 7) is 0. The van der Waals surface area contributed by atoms with Crippen molar-refractivity contribution in [3.05, 3.63) is 35.4 Å². The molecular formula is C8H7F2N3S. The summed E-state index contributed by atoms with van der Waals surface area (Å²) in [5.41, 5.74) is 7.01. The van der Waals surface area contributed by atoms with E-state index >= 15 is 0 Å². The molecule has 0 unspecified atom stereocenters. The summed E-state index contributed by atoms with van der Waals surface area (Å²) in [5, 5.41) is 3.37. The lowest BCUT2D eigenvalue weighted by Crippen LogP contribution is -2.24. The summed E-state index contributed by atoms with van der Waals surface area (Å²) in [6.07, 6.45) is 0.976. The summed E-state index contributed by atoms with van der Waals surface area (Å²) < 4.78 is 25.9. The van der Waals surface area contributed by atoms with Crippen LogP contribution in [0.1, 0.15) is 5.56 Å². The molecule has 0 spiro atoms. The SMILES string of the molecule is NC(=S)N/N=C\c1c(F)cccc1F. The van der Waals surface area contributed by atoms with Crippen molar-refractivity contribution in [2.24, 2.45) is 10.8 Å². The largest absolute Gasteiger partial charge is 0.375 e. The molecule has 3 nitrogen and oxygen atoms in total. The molecule has 0 saturated heterocycles. The van der Waals surface area contributed by atoms with Crippen LogP contribution in [0.2, 0.25) is 0 Å². The van der Waals surface area contributed by atoms with E-state index in [1.165, 1.54) is 6.07 Å². The molecule has 14 heavy (non-hydrogen) atoms. The average Bonchev–Trinajstić information content (AvgIpc) is 2.09. The smallest absolute Gasteiger partial charge is 0.184 e. The van der Waals surface area contributed by atoms with Gasteiger partial charge in [-0.15, -0.1) is 0 Å². The van der Waals surface area contributed by atoms with Gasteiger partial charge in [0.1, 0.15) is 11.6 Å². The lowest BCUT2D eigenvalue weighted by atomic mass is 10.2. The van der Waals surface area contributed by atoms with Crippen LogP contribution in [0.25, 0.3) is 0 Å². The highest BCUT2D eigenvalue weighted by atomic mass is 32.1. The number of halogens is 2. The van der Waals surface area contributed by atoms with Crippen LogP contribution in [0.15, 0.2) is 23.3 Å². The lowest BCUT2D eigenvalue weighted by molar-refractivity contribution is 0.580. The zero-order chi connectivity index (χ0) is 10.6. The minimum absolute atomic E-state index is 0.0713. The fourth-order valence-corrected chi connectivity index (χ4v) is 0.847. The topological polar surface area (TPSA) is 50.4 Å². The van der Waals surface area contributed by atoms with E-state index in [0.717, 1.165) is 18.3 Å². The third-order valence-electron chi connectivity index (χ3n) is 1.37. The predicted molar refractivity (Wildman–Crippen MR) is 53.9 cm³/mol. The van der Waals surface area contributed by atoms with Crippen LogP contribution >= 0.6 is 12.2 Å². The molecule has 6 heteroatoms. The molecule has 0 amide bonds. The van der Waals surface area contributed by atoms with Crippen LogP contribution in [-0.2, 0) is 0 Å². The quantitative estimate of drug-likeness (QED) is 0.442. The number of nitrogens with two attached hydrogens (primary N) is 1. The van der Waals surface area contributed by atoms with Crippen molar-refractivity contribution in [1.82, 2.24) is 5.43 Å². The van der Waals surface area contributed by atoms with E-state index < -0.39 is 11.6 Å². The number of nitrogens with zero attached hydrogens (tertiary/aromatic N) is 1. The molecule has 0 radical (unpaired) electrons. The first-order valence-corrected chi connectivity index (χ1v) is 4.04. The fourth-order valence-electron chi connectivity index (χ4n) is 0.794. The molecule has 0 bridgehead atoms. The Kier molecular flexibility index (Phi) is 3.47. The number of benzene rings is 1. The van der Waals surface area contributed by atoms with Gasteiger partial charge in [-0.25, -0.2) is 8.78 Å². The molecule has 0 atom stereocenters. The maximum Gasteiger partial charge on any atom is 0.184 e. The Morgan fingerprint density at radius 2 is 2.00 bits per heavy atom. The maximum atomic E-state index is 13.0. The second-order valence-electron chi connectivity index (χ2n) is 2.37. The molecule has 0 fully saturated rings. The van der Waals surface area contributed by atoms with Crippen molar-refractivity contribution in [1.29, 1.82) is 0 Å². The molecule has 0 saturated carbocycles. The molecular weight excluding hydrogens is 208 g/mol. The third kappa shape index (κ3) is 2.74. The average molecular weight is 215 g/mol. The Morgan fingerprint density at radius 1 is 1.43 bits per heavy atom. The highest BCUT2D eigenvalue weighted by molar-refractivity contribution is 7.80. The molecule has 1 rings (SSSR count). The number of rotatable bonds is 2. The first kappa shape index (κ1) is 10.5. The number of hydrazone groups is 1. The van der Waals surface area contributed by atoms with Crippen LogP contribution < -0.4 is 11.2 Å². The Bertz CT molecular complexity index is 359. The molecule has 0 heterocycles. The zero-order valence-corrected chi connectivity index (χ0v) is 7.81. The van der Waals surface area contributed by atoms with Crippen LogP contribution in [0, 0.1) is 11.6 Å². The Morgan fingerprint density at radius 3 is 2.50 bits per heavy atom. The second-order valence-corrected chi connectivity index (χ2v) is 2.81. The molecule has 0 aliphatic rings. The maximum absolute atomic E-state index is 13.0. The van der Waals surface area contributed by atoms with Crippen LogP contribution in [0.5, 0.6) is 0 Å². The normalized spacial score (nSPS) is 10.4. The van der Waals surface area contributed by atoms with Gasteiger partial charge in [-0.2, -0.15) is 5.10 Å². The monoisotopic (exact) mass is 215 g/mol. The standard InChI is InChI=1S/C8H7F2N3S/c9-6-2-1-3-7(10)5(6)4-12-13-8(11)14/h1-4H,(H3,11,13,14)/b12-4-. The fraction of sp³-hybridized carbons (Fsp3) is 0. The first-order chi connectivity index (χ1) is 6.61. The highest BCUT2D eigenvalue weighted by Crippen LogP contribution is 2.08. The summed E-state index contributed by atoms with van der Waals surface area (Å²) in [7, 11) is 0. The van der Waals surface area contributed by atoms with Crippen LogP contribution in [0.3, 0.4) is 0 Å². The first-order valence-electron chi connectivity index (χ1n) is 3.64. The minimum atomic E-state index is -0.696. The molecule has 0 aliphatic carbocycles. The minimum Gasteiger partial charge on any atom is -0.375 e. The summed E-state index contributed by atoms with van der Waals surface area (Å²) in [6, 6.07) is 3.53. The van der Waals surface area contributed by atoms with E-state index in [1.54, 1.807) is 0 Å². The molecule has 1 aromatic rings. The van der Waals surface area contributed by atoms with E-state index in [2.05, 4.69) is 22.7 Å². The van der Waals surface area contributed by atoms with E-state index in [-0.39, 0.29) is 10.7 Å². The molecule has 3 N–H and O–H groups in total. The van der Waals surface area contributed by atoms with Crippen molar-refractivity contribution in [3.8, 4) is 0 Å². The van der Waals surface area contributed by atoms with Crippen LogP contribution in [-0.4, -0.2) is 11.3 Å². The van der Waals surface area contributed by atoms with Crippen LogP contribution in [0.4, 0.5) is 8.78 Å². The van der Waals surface area contributed by atoms with Gasteiger partial charge in [-0.3, -0.25) is 5.43 Å². The van der Waals surface area contributed by atoms with Gasteiger partial charge in [0.25, 0.3) is 0 Å². The molecule has 1 aromatic carbocycles. The van der Waals surface area contributed by atoms with Crippen molar-refractivity contribution < 1.29 is 8.78 Å². The Hall–Kier alpha value is -1.56. The molecule has 0 aliphatic heterocycles. The summed E-state index contributed by atoms with van der Waals surface area (Å²) in [5.74, 6) is -1.39. The number of hydrogen-bond donors (Lipinski definition) is 2. The lowest BCUT2D eigenvalue weighted by Gasteiger charge is -1.98. The Balaban J connectivity index is 2.85. The molecule has 0 aromatic heterocycles. The summed E-state index contributed by atoms with van der Waals surface area (Å²) >= 11 is 4.44. The van der Waals surface area contributed by atoms with Gasteiger partial charge in [0.05, 0.1) is 11.8 Å². The molecule has 74 valence electrons. The van der Waals surface area contributed by atoms with Crippen molar-refractivity contribution in [2.75, 3.05) is 0 Å². The van der Waals surface area contributed by atoms with Gasteiger partial charge >= 0.3 is 0 Å². The predicted octanol–water partition coefficient (Wildman–Crippen LogP) is 1.13. The van der Waals surface area contributed by atoms with Gasteiger partial charge in [0.2, 0.25) is 0 Å². The second kappa shape index (κ2) is 4.61. The van der Waals surface area contributed by atoms with Gasteiger partial charge in [0.15, 0.2) is 5.11 Å². The third-order valence-corrected chi connectivity index (χ3v) is 1.46. The van der Waals surface area contributed by atoms with E-state index in [9.17, 15) is 8.78 Å². The van der Waals surface area contributed by atoms with Gasteiger partial charge in [-0.1, -0.05) is 6.07 Å². The van der Waals surface area contributed by atoms with Crippen molar-refractivity contribution in [3.63, 3.8) is 0 Å². The van der Waals surface area contributed by atoms with E-state index in [0.29, 0.717) is 0 Å². The van der Waals surface area contributed by atoms with Gasteiger partial charge < -0.3 is 5.73 Å². The van der Waals surface area contributed by atoms with E-state index in [4.69, 9.17) is 5.73 Å². The summed E-state index contributed by atoms with van der Waals surface area (Å²) in [4.78, 5) is 0. The van der Waals surface area contributed by atoms with E-state index in [1.807, 2.05) is 0 Å². The number of thiocarbonyl (C=S) groups is 1. The zero-order valence-electron chi connectivity index (χ0n) is 7.00. The van der Waals surface area contributed by atoms with Crippen molar-refractivity contribution in [2.45, 2.75) is 0 Å². The van der Waals surface area contributed by atoms with Crippen molar-refractivity contribution >= 4 is 23.5 Å². The Labute approximate surface area is 84.6 Å². The highest BCUT2D eigenvalue weighted by Gasteiger charge is 2.04.